The maximum Gasteiger partial charge on any atom is 0.262 e. The summed E-state index contributed by atoms with van der Waals surface area (Å²) in [5, 5.41) is 3.42. The lowest BCUT2D eigenvalue weighted by Gasteiger charge is -2.20. The summed E-state index contributed by atoms with van der Waals surface area (Å²) in [4.78, 5) is 13.5. The van der Waals surface area contributed by atoms with Crippen molar-refractivity contribution in [1.82, 2.24) is 10.2 Å². The van der Waals surface area contributed by atoms with Gasteiger partial charge in [0.2, 0.25) is 0 Å². The first-order valence-corrected chi connectivity index (χ1v) is 7.49. The third-order valence-corrected chi connectivity index (χ3v) is 3.18. The summed E-state index contributed by atoms with van der Waals surface area (Å²) in [5.74, 6) is 1.35. The number of benzene rings is 1. The summed E-state index contributed by atoms with van der Waals surface area (Å²) in [6.45, 7) is 9.91. The zero-order chi connectivity index (χ0) is 16.0. The molecule has 1 aromatic carbocycles. The molecule has 0 aromatic heterocycles. The third kappa shape index (κ3) is 5.76. The Hall–Kier alpha value is -1.55. The topological polar surface area (TPSA) is 41.6 Å². The van der Waals surface area contributed by atoms with Gasteiger partial charge >= 0.3 is 0 Å². The number of nitrogens with zero attached hydrogens (tertiary/aromatic N) is 1. The number of hydrogen-bond acceptors (Lipinski definition) is 3. The Morgan fingerprint density at radius 3 is 2.52 bits per heavy atom. The number of aryl methyl sites for hydroxylation is 1. The zero-order valence-corrected chi connectivity index (χ0v) is 14.1. The van der Waals surface area contributed by atoms with Gasteiger partial charge in [0.25, 0.3) is 5.91 Å². The van der Waals surface area contributed by atoms with E-state index in [2.05, 4.69) is 32.2 Å². The molecule has 0 radical (unpaired) electrons. The minimum absolute atomic E-state index is 0.0309. The van der Waals surface area contributed by atoms with E-state index >= 15 is 0 Å². The lowest BCUT2D eigenvalue weighted by molar-refractivity contribution is -0.135. The van der Waals surface area contributed by atoms with E-state index in [0.717, 1.165) is 24.4 Å². The van der Waals surface area contributed by atoms with E-state index in [0.29, 0.717) is 5.92 Å². The van der Waals surface area contributed by atoms with Crippen molar-refractivity contribution < 1.29 is 9.53 Å². The molecule has 0 saturated carbocycles. The molecule has 1 unspecified atom stereocenters. The molecule has 0 bridgehead atoms. The molecular weight excluding hydrogens is 264 g/mol. The van der Waals surface area contributed by atoms with Crippen molar-refractivity contribution in [2.75, 3.05) is 20.6 Å². The van der Waals surface area contributed by atoms with Crippen LogP contribution in [-0.2, 0) is 11.3 Å². The summed E-state index contributed by atoms with van der Waals surface area (Å²) >= 11 is 0. The predicted molar refractivity (Wildman–Crippen MR) is 86.5 cm³/mol. The van der Waals surface area contributed by atoms with Gasteiger partial charge in [-0.05, 0) is 32.4 Å². The highest BCUT2D eigenvalue weighted by Gasteiger charge is 2.18. The summed E-state index contributed by atoms with van der Waals surface area (Å²) in [6.07, 6.45) is -0.480. The van der Waals surface area contributed by atoms with Crippen LogP contribution in [0.3, 0.4) is 0 Å². The van der Waals surface area contributed by atoms with Crippen LogP contribution in [0.2, 0.25) is 0 Å². The quantitative estimate of drug-likeness (QED) is 0.840. The summed E-state index contributed by atoms with van der Waals surface area (Å²) in [5.41, 5.74) is 2.28. The number of amides is 1. The van der Waals surface area contributed by atoms with Crippen LogP contribution in [0.1, 0.15) is 31.9 Å². The van der Waals surface area contributed by atoms with Gasteiger partial charge < -0.3 is 15.0 Å². The lowest BCUT2D eigenvalue weighted by atomic mass is 10.1. The van der Waals surface area contributed by atoms with E-state index in [1.165, 1.54) is 5.56 Å². The standard InChI is InChI=1S/C17H28N2O2/c1-12(2)10-18-11-15-9-13(3)7-8-16(15)21-14(4)17(20)19(5)6/h7-9,12,14,18H,10-11H2,1-6H3. The van der Waals surface area contributed by atoms with Crippen molar-refractivity contribution in [1.29, 1.82) is 0 Å². The minimum Gasteiger partial charge on any atom is -0.481 e. The summed E-state index contributed by atoms with van der Waals surface area (Å²) in [7, 11) is 3.48. The SMILES string of the molecule is Cc1ccc(OC(C)C(=O)N(C)C)c(CNCC(C)C)c1. The molecule has 1 N–H and O–H groups in total. The van der Waals surface area contributed by atoms with Crippen LogP contribution in [0.15, 0.2) is 18.2 Å². The minimum atomic E-state index is -0.480. The number of rotatable bonds is 7. The molecule has 0 aliphatic heterocycles. The Bertz CT molecular complexity index is 470. The molecule has 1 amide bonds. The maximum absolute atomic E-state index is 11.9. The van der Waals surface area contributed by atoms with Crippen molar-refractivity contribution in [3.63, 3.8) is 0 Å². The van der Waals surface area contributed by atoms with E-state index in [1.54, 1.807) is 25.9 Å². The molecule has 4 nitrogen and oxygen atoms in total. The van der Waals surface area contributed by atoms with Crippen molar-refractivity contribution >= 4 is 5.91 Å². The van der Waals surface area contributed by atoms with E-state index in [9.17, 15) is 4.79 Å². The van der Waals surface area contributed by atoms with Crippen LogP contribution < -0.4 is 10.1 Å². The van der Waals surface area contributed by atoms with E-state index in [-0.39, 0.29) is 5.91 Å². The lowest BCUT2D eigenvalue weighted by Crippen LogP contribution is -2.35. The molecule has 0 aliphatic carbocycles. The Kier molecular flexibility index (Phi) is 6.69. The van der Waals surface area contributed by atoms with Crippen molar-refractivity contribution in [3.8, 4) is 5.75 Å². The third-order valence-electron chi connectivity index (χ3n) is 3.18. The van der Waals surface area contributed by atoms with E-state index in [1.807, 2.05) is 12.1 Å². The highest BCUT2D eigenvalue weighted by atomic mass is 16.5. The first kappa shape index (κ1) is 17.5. The average molecular weight is 292 g/mol. The molecule has 1 atom stereocenters. The summed E-state index contributed by atoms with van der Waals surface area (Å²) in [6, 6.07) is 6.06. The molecular formula is C17H28N2O2. The van der Waals surface area contributed by atoms with Crippen LogP contribution >= 0.6 is 0 Å². The smallest absolute Gasteiger partial charge is 0.262 e. The van der Waals surface area contributed by atoms with Gasteiger partial charge in [0, 0.05) is 26.2 Å². The number of hydrogen-bond donors (Lipinski definition) is 1. The predicted octanol–water partition coefficient (Wildman–Crippen LogP) is 2.60. The molecule has 118 valence electrons. The van der Waals surface area contributed by atoms with Crippen molar-refractivity contribution in [2.45, 2.75) is 40.3 Å². The molecule has 1 aromatic rings. The molecule has 1 rings (SSSR count). The molecule has 4 heteroatoms. The Balaban J connectivity index is 2.78. The van der Waals surface area contributed by atoms with Gasteiger partial charge in [0.05, 0.1) is 0 Å². The molecule has 0 aliphatic rings. The van der Waals surface area contributed by atoms with Crippen LogP contribution in [0, 0.1) is 12.8 Å². The second-order valence-electron chi connectivity index (χ2n) is 6.13. The fourth-order valence-corrected chi connectivity index (χ4v) is 2.06. The van der Waals surface area contributed by atoms with Gasteiger partial charge in [-0.15, -0.1) is 0 Å². The summed E-state index contributed by atoms with van der Waals surface area (Å²) < 4.78 is 5.85. The number of nitrogens with one attached hydrogen (secondary N) is 1. The van der Waals surface area contributed by atoms with Crippen LogP contribution in [-0.4, -0.2) is 37.6 Å². The highest BCUT2D eigenvalue weighted by molar-refractivity contribution is 5.80. The van der Waals surface area contributed by atoms with Crippen LogP contribution in [0.5, 0.6) is 5.75 Å². The van der Waals surface area contributed by atoms with Gasteiger partial charge in [-0.25, -0.2) is 0 Å². The average Bonchev–Trinajstić information content (AvgIpc) is 2.40. The number of carbonyl (C=O) groups is 1. The first-order valence-electron chi connectivity index (χ1n) is 7.49. The first-order chi connectivity index (χ1) is 9.81. The van der Waals surface area contributed by atoms with Crippen LogP contribution in [0.25, 0.3) is 0 Å². The maximum atomic E-state index is 11.9. The molecule has 21 heavy (non-hydrogen) atoms. The molecule has 0 heterocycles. The Morgan fingerprint density at radius 2 is 1.95 bits per heavy atom. The largest absolute Gasteiger partial charge is 0.481 e. The van der Waals surface area contributed by atoms with E-state index in [4.69, 9.17) is 4.74 Å². The Labute approximate surface area is 128 Å². The number of likely N-dealkylation sites (N-methyl/N-ethyl adjacent to an activating group) is 1. The molecule has 0 saturated heterocycles. The van der Waals surface area contributed by atoms with Gasteiger partial charge in [-0.3, -0.25) is 4.79 Å². The second-order valence-corrected chi connectivity index (χ2v) is 6.13. The fourth-order valence-electron chi connectivity index (χ4n) is 2.06. The van der Waals surface area contributed by atoms with Gasteiger partial charge in [-0.2, -0.15) is 0 Å². The zero-order valence-electron chi connectivity index (χ0n) is 14.1. The number of carbonyl (C=O) groups excluding carboxylic acids is 1. The fraction of sp³-hybridized carbons (Fsp3) is 0.588. The highest BCUT2D eigenvalue weighted by Crippen LogP contribution is 2.21. The molecule has 0 fully saturated rings. The monoisotopic (exact) mass is 292 g/mol. The van der Waals surface area contributed by atoms with Crippen LogP contribution in [0.4, 0.5) is 0 Å². The molecule has 0 spiro atoms. The normalized spacial score (nSPS) is 12.3. The van der Waals surface area contributed by atoms with E-state index < -0.39 is 6.10 Å². The van der Waals surface area contributed by atoms with Crippen molar-refractivity contribution in [3.05, 3.63) is 29.3 Å². The number of ether oxygens (including phenoxy) is 1. The van der Waals surface area contributed by atoms with Gasteiger partial charge in [-0.1, -0.05) is 31.5 Å². The second kappa shape index (κ2) is 8.03. The van der Waals surface area contributed by atoms with Gasteiger partial charge in [0.15, 0.2) is 6.10 Å². The van der Waals surface area contributed by atoms with Crippen molar-refractivity contribution in [2.24, 2.45) is 5.92 Å². The Morgan fingerprint density at radius 1 is 1.29 bits per heavy atom. The van der Waals surface area contributed by atoms with Gasteiger partial charge in [0.1, 0.15) is 5.75 Å².